The van der Waals surface area contributed by atoms with Gasteiger partial charge in [-0.2, -0.15) is 0 Å². The van der Waals surface area contributed by atoms with Gasteiger partial charge in [-0.05, 0) is 24.0 Å². The van der Waals surface area contributed by atoms with Gasteiger partial charge in [-0.3, -0.25) is 4.79 Å². The summed E-state index contributed by atoms with van der Waals surface area (Å²) in [6.45, 7) is 3.57. The summed E-state index contributed by atoms with van der Waals surface area (Å²) in [5.41, 5.74) is 2.23. The highest BCUT2D eigenvalue weighted by atomic mass is 16.5. The van der Waals surface area contributed by atoms with Crippen molar-refractivity contribution in [2.45, 2.75) is 39.2 Å². The molecule has 0 spiro atoms. The second-order valence-electron chi connectivity index (χ2n) is 6.69. The Hall–Kier alpha value is -2.88. The van der Waals surface area contributed by atoms with Crippen molar-refractivity contribution < 1.29 is 14.3 Å². The molecule has 0 atom stereocenters. The minimum absolute atomic E-state index is 0.190. The topological polar surface area (TPSA) is 46.6 Å². The molecule has 0 unspecified atom stereocenters. The lowest BCUT2D eigenvalue weighted by molar-refractivity contribution is -0.138. The molecule has 0 saturated heterocycles. The molecule has 4 nitrogen and oxygen atoms in total. The number of rotatable bonds is 11. The van der Waals surface area contributed by atoms with Crippen molar-refractivity contribution in [2.75, 3.05) is 13.2 Å². The maximum absolute atomic E-state index is 12.7. The summed E-state index contributed by atoms with van der Waals surface area (Å²) in [7, 11) is 0. The van der Waals surface area contributed by atoms with Crippen molar-refractivity contribution in [3.8, 4) is 0 Å². The van der Waals surface area contributed by atoms with Gasteiger partial charge in [0, 0.05) is 25.2 Å². The van der Waals surface area contributed by atoms with Crippen molar-refractivity contribution in [1.29, 1.82) is 0 Å². The normalized spacial score (nSPS) is 10.8. The van der Waals surface area contributed by atoms with Gasteiger partial charge in [0.1, 0.15) is 0 Å². The second kappa shape index (κ2) is 12.5. The molecule has 2 rings (SSSR count). The lowest BCUT2D eigenvalue weighted by Crippen LogP contribution is -2.31. The van der Waals surface area contributed by atoms with Gasteiger partial charge in [0.05, 0.1) is 6.61 Å². The smallest absolute Gasteiger partial charge is 0.330 e. The molecule has 148 valence electrons. The van der Waals surface area contributed by atoms with E-state index in [0.29, 0.717) is 19.7 Å². The summed E-state index contributed by atoms with van der Waals surface area (Å²) in [5, 5.41) is 0. The quantitative estimate of drug-likeness (QED) is 0.327. The number of carbonyl (C=O) groups excluding carboxylic acids is 2. The van der Waals surface area contributed by atoms with Crippen molar-refractivity contribution in [3.05, 3.63) is 83.9 Å². The SMILES string of the molecule is CCCCCOC(=O)/C=C/C(=O)N(CCc1ccccc1)Cc1ccccc1. The standard InChI is InChI=1S/C24H29NO3/c1-2-3-10-19-28-24(27)16-15-23(26)25(20-22-13-8-5-9-14-22)18-17-21-11-6-4-7-12-21/h4-9,11-16H,2-3,10,17-20H2,1H3/b16-15+. The van der Waals surface area contributed by atoms with Crippen LogP contribution in [-0.2, 0) is 27.3 Å². The van der Waals surface area contributed by atoms with E-state index in [4.69, 9.17) is 4.74 Å². The van der Waals surface area contributed by atoms with Crippen LogP contribution in [0.2, 0.25) is 0 Å². The summed E-state index contributed by atoms with van der Waals surface area (Å²) in [6, 6.07) is 19.9. The van der Waals surface area contributed by atoms with E-state index < -0.39 is 5.97 Å². The highest BCUT2D eigenvalue weighted by Crippen LogP contribution is 2.08. The maximum atomic E-state index is 12.7. The highest BCUT2D eigenvalue weighted by molar-refractivity contribution is 5.94. The van der Waals surface area contributed by atoms with E-state index in [9.17, 15) is 9.59 Å². The monoisotopic (exact) mass is 379 g/mol. The van der Waals surface area contributed by atoms with Gasteiger partial charge in [-0.15, -0.1) is 0 Å². The predicted molar refractivity (Wildman–Crippen MR) is 112 cm³/mol. The fraction of sp³-hybridized carbons (Fsp3) is 0.333. The molecule has 1 amide bonds. The Kier molecular flexibility index (Phi) is 9.56. The third kappa shape index (κ3) is 8.21. The minimum atomic E-state index is -0.466. The molecule has 0 aromatic heterocycles. The fourth-order valence-electron chi connectivity index (χ4n) is 2.80. The molecule has 0 fully saturated rings. The molecule has 0 radical (unpaired) electrons. The van der Waals surface area contributed by atoms with Gasteiger partial charge < -0.3 is 9.64 Å². The number of amides is 1. The first-order valence-electron chi connectivity index (χ1n) is 9.90. The van der Waals surface area contributed by atoms with Crippen molar-refractivity contribution in [2.24, 2.45) is 0 Å². The van der Waals surface area contributed by atoms with Crippen LogP contribution in [0.4, 0.5) is 0 Å². The van der Waals surface area contributed by atoms with E-state index >= 15 is 0 Å². The summed E-state index contributed by atoms with van der Waals surface area (Å²) < 4.78 is 5.13. The van der Waals surface area contributed by atoms with Gasteiger partial charge in [-0.25, -0.2) is 4.79 Å². The van der Waals surface area contributed by atoms with E-state index in [0.717, 1.165) is 31.2 Å². The molecule has 0 aliphatic heterocycles. The minimum Gasteiger partial charge on any atom is -0.463 e. The molecule has 0 aliphatic rings. The fourth-order valence-corrected chi connectivity index (χ4v) is 2.80. The average Bonchev–Trinajstić information content (AvgIpc) is 2.74. The molecular formula is C24H29NO3. The Morgan fingerprint density at radius 1 is 0.893 bits per heavy atom. The van der Waals surface area contributed by atoms with Crippen LogP contribution in [0.3, 0.4) is 0 Å². The molecule has 0 bridgehead atoms. The van der Waals surface area contributed by atoms with E-state index in [1.165, 1.54) is 17.7 Å². The molecular weight excluding hydrogens is 350 g/mol. The average molecular weight is 380 g/mol. The van der Waals surface area contributed by atoms with Gasteiger partial charge in [0.25, 0.3) is 0 Å². The zero-order valence-electron chi connectivity index (χ0n) is 16.5. The van der Waals surface area contributed by atoms with E-state index in [2.05, 4.69) is 19.1 Å². The van der Waals surface area contributed by atoms with Gasteiger partial charge in [0.15, 0.2) is 0 Å². The third-order valence-corrected chi connectivity index (χ3v) is 4.40. The first-order chi connectivity index (χ1) is 13.7. The van der Waals surface area contributed by atoms with Crippen LogP contribution in [0.5, 0.6) is 0 Å². The van der Waals surface area contributed by atoms with Crippen LogP contribution in [-0.4, -0.2) is 29.9 Å². The van der Waals surface area contributed by atoms with Gasteiger partial charge >= 0.3 is 5.97 Å². The Bertz CT molecular complexity index is 741. The summed E-state index contributed by atoms with van der Waals surface area (Å²) in [4.78, 5) is 26.2. The van der Waals surface area contributed by atoms with E-state index in [1.807, 2.05) is 48.5 Å². The zero-order valence-corrected chi connectivity index (χ0v) is 16.5. The largest absolute Gasteiger partial charge is 0.463 e. The third-order valence-electron chi connectivity index (χ3n) is 4.40. The Morgan fingerprint density at radius 3 is 2.18 bits per heavy atom. The molecule has 2 aromatic rings. The van der Waals surface area contributed by atoms with Crippen LogP contribution < -0.4 is 0 Å². The first-order valence-corrected chi connectivity index (χ1v) is 9.90. The summed E-state index contributed by atoms with van der Waals surface area (Å²) in [5.74, 6) is -0.655. The number of carbonyl (C=O) groups is 2. The Morgan fingerprint density at radius 2 is 1.54 bits per heavy atom. The summed E-state index contributed by atoms with van der Waals surface area (Å²) >= 11 is 0. The van der Waals surface area contributed by atoms with Gasteiger partial charge in [-0.1, -0.05) is 80.4 Å². The molecule has 0 N–H and O–H groups in total. The number of benzene rings is 2. The van der Waals surface area contributed by atoms with Crippen LogP contribution in [0.25, 0.3) is 0 Å². The number of hydrogen-bond donors (Lipinski definition) is 0. The van der Waals surface area contributed by atoms with Crippen molar-refractivity contribution in [1.82, 2.24) is 4.90 Å². The number of hydrogen-bond acceptors (Lipinski definition) is 3. The Balaban J connectivity index is 1.95. The van der Waals surface area contributed by atoms with E-state index in [-0.39, 0.29) is 5.91 Å². The number of esters is 1. The maximum Gasteiger partial charge on any atom is 0.330 e. The van der Waals surface area contributed by atoms with Gasteiger partial charge in [0.2, 0.25) is 5.91 Å². The number of unbranched alkanes of at least 4 members (excludes halogenated alkanes) is 2. The molecule has 0 aliphatic carbocycles. The predicted octanol–water partition coefficient (Wildman–Crippen LogP) is 4.55. The van der Waals surface area contributed by atoms with E-state index in [1.54, 1.807) is 4.90 Å². The zero-order chi connectivity index (χ0) is 20.0. The molecule has 28 heavy (non-hydrogen) atoms. The van der Waals surface area contributed by atoms with Crippen LogP contribution in [0.1, 0.15) is 37.3 Å². The van der Waals surface area contributed by atoms with Crippen molar-refractivity contribution in [3.63, 3.8) is 0 Å². The number of nitrogens with zero attached hydrogens (tertiary/aromatic N) is 1. The Labute approximate surface area is 167 Å². The molecule has 0 saturated carbocycles. The van der Waals surface area contributed by atoms with Crippen LogP contribution >= 0.6 is 0 Å². The van der Waals surface area contributed by atoms with Crippen LogP contribution in [0.15, 0.2) is 72.8 Å². The molecule has 0 heterocycles. The summed E-state index contributed by atoms with van der Waals surface area (Å²) in [6.07, 6.45) is 6.25. The number of ether oxygens (including phenoxy) is 1. The van der Waals surface area contributed by atoms with Crippen molar-refractivity contribution >= 4 is 11.9 Å². The lowest BCUT2D eigenvalue weighted by Gasteiger charge is -2.21. The second-order valence-corrected chi connectivity index (χ2v) is 6.69. The molecule has 2 aromatic carbocycles. The van der Waals surface area contributed by atoms with Crippen LogP contribution in [0, 0.1) is 0 Å². The lowest BCUT2D eigenvalue weighted by atomic mass is 10.1. The molecule has 4 heteroatoms. The highest BCUT2D eigenvalue weighted by Gasteiger charge is 2.12. The first kappa shape index (κ1) is 21.4.